The van der Waals surface area contributed by atoms with Gasteiger partial charge in [-0.25, -0.2) is 9.59 Å². The normalized spacial score (nSPS) is 14.6. The van der Waals surface area contributed by atoms with Gasteiger partial charge in [-0.05, 0) is 37.5 Å². The fourth-order valence-electron chi connectivity index (χ4n) is 2.65. The van der Waals surface area contributed by atoms with Gasteiger partial charge in [0.2, 0.25) is 0 Å². The lowest BCUT2D eigenvalue weighted by molar-refractivity contribution is -0.138. The first-order valence-corrected chi connectivity index (χ1v) is 8.58. The summed E-state index contributed by atoms with van der Waals surface area (Å²) in [5.74, 6) is -1.67. The minimum absolute atomic E-state index is 0.144. The average Bonchev–Trinajstić information content (AvgIpc) is 2.67. The lowest BCUT2D eigenvalue weighted by Crippen LogP contribution is -2.36. The third-order valence-electron chi connectivity index (χ3n) is 3.99. The van der Waals surface area contributed by atoms with Crippen molar-refractivity contribution >= 4 is 35.1 Å². The molecule has 8 heteroatoms. The molecule has 0 saturated carbocycles. The monoisotopic (exact) mass is 380 g/mol. The first-order chi connectivity index (χ1) is 12.5. The average molecular weight is 381 g/mol. The second-order valence-corrected chi connectivity index (χ2v) is 6.18. The summed E-state index contributed by atoms with van der Waals surface area (Å²) in [4.78, 5) is 38.1. The van der Waals surface area contributed by atoms with Gasteiger partial charge in [-0.1, -0.05) is 11.6 Å². The Morgan fingerprint density at radius 2 is 1.81 bits per heavy atom. The van der Waals surface area contributed by atoms with Crippen molar-refractivity contribution in [2.45, 2.75) is 19.3 Å². The Labute approximate surface area is 156 Å². The summed E-state index contributed by atoms with van der Waals surface area (Å²) in [6, 6.07) is 4.70. The van der Waals surface area contributed by atoms with Crippen LogP contribution in [-0.2, 0) is 19.1 Å². The highest BCUT2D eigenvalue weighted by Crippen LogP contribution is 2.25. The van der Waals surface area contributed by atoms with E-state index in [9.17, 15) is 14.4 Å². The summed E-state index contributed by atoms with van der Waals surface area (Å²) in [7, 11) is 2.39. The number of piperidine rings is 1. The Morgan fingerprint density at radius 3 is 2.42 bits per heavy atom. The third-order valence-corrected chi connectivity index (χ3v) is 4.23. The quantitative estimate of drug-likeness (QED) is 0.624. The van der Waals surface area contributed by atoms with Crippen molar-refractivity contribution in [2.75, 3.05) is 32.6 Å². The van der Waals surface area contributed by atoms with E-state index in [0.717, 1.165) is 25.3 Å². The molecule has 7 nitrogen and oxygen atoms in total. The van der Waals surface area contributed by atoms with E-state index in [2.05, 4.69) is 14.8 Å². The molecular formula is C18H21ClN2O5. The maximum absolute atomic E-state index is 12.9. The van der Waals surface area contributed by atoms with E-state index in [-0.39, 0.29) is 11.6 Å². The summed E-state index contributed by atoms with van der Waals surface area (Å²) < 4.78 is 9.22. The SMILES string of the molecule is COC(=O)/C=C(/Nc1ccc(Cl)cc1C(=O)N1CCCCC1)C(=O)OC. The largest absolute Gasteiger partial charge is 0.466 e. The maximum Gasteiger partial charge on any atom is 0.354 e. The second kappa shape index (κ2) is 9.24. The molecule has 0 atom stereocenters. The number of methoxy groups -OCH3 is 2. The van der Waals surface area contributed by atoms with E-state index >= 15 is 0 Å². The van der Waals surface area contributed by atoms with Crippen molar-refractivity contribution in [1.29, 1.82) is 0 Å². The molecule has 1 aromatic rings. The van der Waals surface area contributed by atoms with E-state index in [1.807, 2.05) is 0 Å². The van der Waals surface area contributed by atoms with E-state index in [1.165, 1.54) is 20.3 Å². The molecule has 1 N–H and O–H groups in total. The van der Waals surface area contributed by atoms with Crippen LogP contribution in [0.2, 0.25) is 5.02 Å². The predicted molar refractivity (Wildman–Crippen MR) is 96.9 cm³/mol. The van der Waals surface area contributed by atoms with Gasteiger partial charge in [0, 0.05) is 18.1 Å². The molecule has 1 aliphatic heterocycles. The Hall–Kier alpha value is -2.54. The van der Waals surface area contributed by atoms with Gasteiger partial charge in [-0.2, -0.15) is 0 Å². The summed E-state index contributed by atoms with van der Waals surface area (Å²) in [6.07, 6.45) is 3.96. The summed E-state index contributed by atoms with van der Waals surface area (Å²) in [5, 5.41) is 3.19. The topological polar surface area (TPSA) is 84.9 Å². The summed E-state index contributed by atoms with van der Waals surface area (Å²) >= 11 is 6.05. The maximum atomic E-state index is 12.9. The molecule has 26 heavy (non-hydrogen) atoms. The van der Waals surface area contributed by atoms with Crippen LogP contribution in [0.5, 0.6) is 0 Å². The number of halogens is 1. The number of ether oxygens (including phenoxy) is 2. The van der Waals surface area contributed by atoms with Crippen LogP contribution in [-0.4, -0.2) is 50.1 Å². The standard InChI is InChI=1S/C18H21ClN2O5/c1-25-16(22)11-15(18(24)26-2)20-14-7-6-12(19)10-13(14)17(23)21-8-4-3-5-9-21/h6-7,10-11,20H,3-5,8-9H2,1-2H3/b15-11+. The van der Waals surface area contributed by atoms with Crippen LogP contribution in [0, 0.1) is 0 Å². The van der Waals surface area contributed by atoms with Crippen molar-refractivity contribution in [3.8, 4) is 0 Å². The molecule has 140 valence electrons. The van der Waals surface area contributed by atoms with E-state index in [1.54, 1.807) is 17.0 Å². The number of nitrogens with zero attached hydrogens (tertiary/aromatic N) is 1. The first-order valence-electron chi connectivity index (χ1n) is 8.20. The molecule has 1 amide bonds. The molecule has 0 radical (unpaired) electrons. The molecule has 1 aliphatic rings. The number of benzene rings is 1. The van der Waals surface area contributed by atoms with E-state index in [0.29, 0.717) is 29.4 Å². The Morgan fingerprint density at radius 1 is 1.12 bits per heavy atom. The van der Waals surface area contributed by atoms with Crippen molar-refractivity contribution in [1.82, 2.24) is 4.90 Å². The highest BCUT2D eigenvalue weighted by atomic mass is 35.5. The lowest BCUT2D eigenvalue weighted by Gasteiger charge is -2.27. The third kappa shape index (κ3) is 4.98. The zero-order valence-electron chi connectivity index (χ0n) is 14.7. The number of carbonyl (C=O) groups is 3. The van der Waals surface area contributed by atoms with Gasteiger partial charge < -0.3 is 19.7 Å². The predicted octanol–water partition coefficient (Wildman–Crippen LogP) is 2.61. The Kier molecular flexibility index (Phi) is 7.03. The number of hydrogen-bond acceptors (Lipinski definition) is 6. The molecule has 0 aliphatic carbocycles. The van der Waals surface area contributed by atoms with Crippen molar-refractivity contribution < 1.29 is 23.9 Å². The van der Waals surface area contributed by atoms with Gasteiger partial charge in [-0.15, -0.1) is 0 Å². The molecule has 0 bridgehead atoms. The minimum atomic E-state index is -0.762. The Bertz CT molecular complexity index is 726. The highest BCUT2D eigenvalue weighted by Gasteiger charge is 2.23. The molecule has 1 aromatic carbocycles. The molecule has 2 rings (SSSR count). The summed E-state index contributed by atoms with van der Waals surface area (Å²) in [6.45, 7) is 1.35. The lowest BCUT2D eigenvalue weighted by atomic mass is 10.1. The van der Waals surface area contributed by atoms with Crippen LogP contribution in [0.25, 0.3) is 0 Å². The summed E-state index contributed by atoms with van der Waals surface area (Å²) in [5.41, 5.74) is 0.527. The minimum Gasteiger partial charge on any atom is -0.466 e. The van der Waals surface area contributed by atoms with Gasteiger partial charge in [0.1, 0.15) is 5.70 Å². The van der Waals surface area contributed by atoms with Crippen LogP contribution >= 0.6 is 11.6 Å². The smallest absolute Gasteiger partial charge is 0.354 e. The Balaban J connectivity index is 2.35. The zero-order valence-corrected chi connectivity index (χ0v) is 15.5. The van der Waals surface area contributed by atoms with Crippen LogP contribution in [0.1, 0.15) is 29.6 Å². The first kappa shape index (κ1) is 19.8. The highest BCUT2D eigenvalue weighted by molar-refractivity contribution is 6.31. The van der Waals surface area contributed by atoms with Gasteiger partial charge in [0.15, 0.2) is 0 Å². The molecule has 0 spiro atoms. The molecule has 0 aromatic heterocycles. The number of hydrogen-bond donors (Lipinski definition) is 1. The van der Waals surface area contributed by atoms with Crippen LogP contribution in [0.15, 0.2) is 30.0 Å². The second-order valence-electron chi connectivity index (χ2n) is 5.74. The van der Waals surface area contributed by atoms with Gasteiger partial charge in [-0.3, -0.25) is 4.79 Å². The number of amides is 1. The van der Waals surface area contributed by atoms with E-state index in [4.69, 9.17) is 11.6 Å². The number of carbonyl (C=O) groups excluding carboxylic acids is 3. The van der Waals surface area contributed by atoms with Gasteiger partial charge in [0.05, 0.1) is 31.5 Å². The number of rotatable bonds is 5. The van der Waals surface area contributed by atoms with Crippen molar-refractivity contribution in [2.24, 2.45) is 0 Å². The van der Waals surface area contributed by atoms with Crippen LogP contribution in [0.3, 0.4) is 0 Å². The number of anilines is 1. The fourth-order valence-corrected chi connectivity index (χ4v) is 2.82. The van der Waals surface area contributed by atoms with Crippen LogP contribution in [0.4, 0.5) is 5.69 Å². The number of esters is 2. The number of nitrogens with one attached hydrogen (secondary N) is 1. The zero-order chi connectivity index (χ0) is 19.1. The van der Waals surface area contributed by atoms with Gasteiger partial charge in [0.25, 0.3) is 5.91 Å². The molecule has 1 saturated heterocycles. The molecular weight excluding hydrogens is 360 g/mol. The van der Waals surface area contributed by atoms with Gasteiger partial charge >= 0.3 is 11.9 Å². The number of likely N-dealkylation sites (tertiary alicyclic amines) is 1. The van der Waals surface area contributed by atoms with Crippen molar-refractivity contribution in [3.05, 3.63) is 40.6 Å². The molecule has 1 fully saturated rings. The van der Waals surface area contributed by atoms with Crippen LogP contribution < -0.4 is 5.32 Å². The van der Waals surface area contributed by atoms with Crippen molar-refractivity contribution in [3.63, 3.8) is 0 Å². The molecule has 1 heterocycles. The fraction of sp³-hybridized carbons (Fsp3) is 0.389. The molecule has 0 unspecified atom stereocenters. The van der Waals surface area contributed by atoms with E-state index < -0.39 is 11.9 Å².